The smallest absolute Gasteiger partial charge is 0.408 e. The van der Waals surface area contributed by atoms with Crippen LogP contribution in [-0.2, 0) is 36.7 Å². The number of carbonyl (C=O) groups excluding carboxylic acids is 4. The molecule has 3 aromatic carbocycles. The number of hydrogen-bond donors (Lipinski definition) is 2. The van der Waals surface area contributed by atoms with E-state index in [9.17, 15) is 24.4 Å². The molecule has 49 heavy (non-hydrogen) atoms. The lowest BCUT2D eigenvalue weighted by Gasteiger charge is -2.35. The van der Waals surface area contributed by atoms with Gasteiger partial charge in [0.25, 0.3) is 0 Å². The van der Waals surface area contributed by atoms with Crippen LogP contribution in [0.4, 0.5) is 4.79 Å². The summed E-state index contributed by atoms with van der Waals surface area (Å²) in [5.41, 5.74) is 1.77. The van der Waals surface area contributed by atoms with E-state index in [4.69, 9.17) is 9.47 Å². The van der Waals surface area contributed by atoms with Gasteiger partial charge in [0.2, 0.25) is 11.8 Å². The van der Waals surface area contributed by atoms with Crippen molar-refractivity contribution in [1.29, 1.82) is 5.26 Å². The second-order valence-electron chi connectivity index (χ2n) is 14.0. The zero-order valence-electron chi connectivity index (χ0n) is 29.7. The number of carbonyl (C=O) groups is 4. The Hall–Kier alpha value is -5.17. The number of alkyl carbamates (subject to hydrolysis) is 1. The predicted octanol–water partition coefficient (Wildman–Crippen LogP) is 5.90. The molecule has 3 amide bonds. The molecule has 0 aliphatic carbocycles. The monoisotopic (exact) mass is 668 g/mol. The largest absolute Gasteiger partial charge is 0.458 e. The Balaban J connectivity index is 2.13. The lowest BCUT2D eigenvalue weighted by atomic mass is 9.92. The predicted molar refractivity (Wildman–Crippen MR) is 187 cm³/mol. The number of hydrogen-bond acceptors (Lipinski definition) is 7. The molecule has 0 saturated carbocycles. The molecule has 0 saturated heterocycles. The number of benzene rings is 3. The summed E-state index contributed by atoms with van der Waals surface area (Å²) < 4.78 is 11.2. The molecule has 3 atom stereocenters. The molecule has 3 unspecified atom stereocenters. The summed E-state index contributed by atoms with van der Waals surface area (Å²) >= 11 is 0. The first-order chi connectivity index (χ1) is 23.0. The average Bonchev–Trinajstić information content (AvgIpc) is 3.00. The maximum atomic E-state index is 14.6. The van der Waals surface area contributed by atoms with Crippen LogP contribution in [0.2, 0.25) is 0 Å². The maximum Gasteiger partial charge on any atom is 0.408 e. The van der Waals surface area contributed by atoms with Crippen molar-refractivity contribution < 1.29 is 28.7 Å². The molecule has 0 bridgehead atoms. The maximum absolute atomic E-state index is 14.6. The van der Waals surface area contributed by atoms with Crippen LogP contribution < -0.4 is 10.6 Å². The Morgan fingerprint density at radius 1 is 0.714 bits per heavy atom. The first kappa shape index (κ1) is 38.3. The van der Waals surface area contributed by atoms with E-state index in [-0.39, 0.29) is 12.8 Å². The van der Waals surface area contributed by atoms with E-state index in [1.807, 2.05) is 98.8 Å². The Morgan fingerprint density at radius 3 is 1.67 bits per heavy atom. The zero-order valence-corrected chi connectivity index (χ0v) is 29.7. The van der Waals surface area contributed by atoms with Crippen LogP contribution in [0.25, 0.3) is 0 Å². The number of esters is 1. The minimum Gasteiger partial charge on any atom is -0.458 e. The molecule has 3 rings (SSSR count). The third-order valence-corrected chi connectivity index (χ3v) is 7.46. The van der Waals surface area contributed by atoms with E-state index < -0.39 is 59.7 Å². The van der Waals surface area contributed by atoms with Gasteiger partial charge in [0.1, 0.15) is 35.9 Å². The normalized spacial score (nSPS) is 13.2. The number of nitrogens with zero attached hydrogens (tertiary/aromatic N) is 2. The van der Waals surface area contributed by atoms with Crippen molar-refractivity contribution in [2.45, 2.75) is 97.6 Å². The number of nitrogens with one attached hydrogen (secondary N) is 2. The van der Waals surface area contributed by atoms with E-state index in [2.05, 4.69) is 10.6 Å². The summed E-state index contributed by atoms with van der Waals surface area (Å²) in [7, 11) is 0. The molecule has 0 spiro atoms. The van der Waals surface area contributed by atoms with Gasteiger partial charge in [-0.15, -0.1) is 0 Å². The molecular formula is C39H48N4O6. The van der Waals surface area contributed by atoms with E-state index in [1.54, 1.807) is 41.5 Å². The van der Waals surface area contributed by atoms with Crippen molar-refractivity contribution in [1.82, 2.24) is 15.5 Å². The lowest BCUT2D eigenvalue weighted by molar-refractivity contribution is -0.159. The fraction of sp³-hybridized carbons (Fsp3) is 0.410. The summed E-state index contributed by atoms with van der Waals surface area (Å²) in [6.07, 6.45) is -0.625. The second-order valence-corrected chi connectivity index (χ2v) is 14.0. The quantitative estimate of drug-likeness (QED) is 0.181. The third kappa shape index (κ3) is 11.8. The Labute approximate surface area is 289 Å². The van der Waals surface area contributed by atoms with Crippen LogP contribution in [0.3, 0.4) is 0 Å². The highest BCUT2D eigenvalue weighted by molar-refractivity contribution is 5.94. The van der Waals surface area contributed by atoms with E-state index in [1.165, 1.54) is 0 Å². The lowest BCUT2D eigenvalue weighted by Crippen LogP contribution is -2.55. The van der Waals surface area contributed by atoms with Crippen molar-refractivity contribution in [2.75, 3.05) is 6.54 Å². The van der Waals surface area contributed by atoms with Crippen LogP contribution in [0.1, 0.15) is 75.4 Å². The van der Waals surface area contributed by atoms with Crippen LogP contribution in [0, 0.1) is 25.2 Å². The van der Waals surface area contributed by atoms with Crippen molar-refractivity contribution in [3.05, 3.63) is 107 Å². The first-order valence-corrected chi connectivity index (χ1v) is 16.3. The molecule has 0 radical (unpaired) electrons. The van der Waals surface area contributed by atoms with Crippen LogP contribution in [0.5, 0.6) is 0 Å². The number of nitriles is 1. The number of aryl methyl sites for hydroxylation is 2. The molecule has 3 aromatic rings. The van der Waals surface area contributed by atoms with Gasteiger partial charge in [0.15, 0.2) is 0 Å². The van der Waals surface area contributed by atoms with Gasteiger partial charge < -0.3 is 25.0 Å². The summed E-state index contributed by atoms with van der Waals surface area (Å²) in [4.78, 5) is 56.9. The molecular weight excluding hydrogens is 620 g/mol. The summed E-state index contributed by atoms with van der Waals surface area (Å²) in [5, 5.41) is 15.6. The second kappa shape index (κ2) is 16.8. The highest BCUT2D eigenvalue weighted by Gasteiger charge is 2.39. The van der Waals surface area contributed by atoms with Crippen molar-refractivity contribution in [3.8, 4) is 6.07 Å². The molecule has 10 nitrogen and oxygen atoms in total. The highest BCUT2D eigenvalue weighted by Crippen LogP contribution is 2.29. The van der Waals surface area contributed by atoms with Gasteiger partial charge in [-0.25, -0.2) is 9.59 Å². The fourth-order valence-corrected chi connectivity index (χ4v) is 5.43. The van der Waals surface area contributed by atoms with Gasteiger partial charge in [-0.3, -0.25) is 9.59 Å². The molecule has 0 heterocycles. The molecule has 0 fully saturated rings. The highest BCUT2D eigenvalue weighted by atomic mass is 16.6. The van der Waals surface area contributed by atoms with Gasteiger partial charge in [-0.2, -0.15) is 5.26 Å². The molecule has 2 N–H and O–H groups in total. The Kier molecular flexibility index (Phi) is 13.1. The Bertz CT molecular complexity index is 1620. The molecule has 260 valence electrons. The van der Waals surface area contributed by atoms with Gasteiger partial charge in [-0.05, 0) is 83.2 Å². The van der Waals surface area contributed by atoms with Crippen LogP contribution >= 0.6 is 0 Å². The fourth-order valence-electron chi connectivity index (χ4n) is 5.43. The number of amides is 3. The Morgan fingerprint density at radius 2 is 1.20 bits per heavy atom. The minimum absolute atomic E-state index is 0.0660. The summed E-state index contributed by atoms with van der Waals surface area (Å²) in [6.45, 7) is 13.5. The number of rotatable bonds is 12. The van der Waals surface area contributed by atoms with E-state index >= 15 is 0 Å². The van der Waals surface area contributed by atoms with Crippen molar-refractivity contribution in [2.24, 2.45) is 0 Å². The molecule has 0 aromatic heterocycles. The van der Waals surface area contributed by atoms with E-state index in [0.29, 0.717) is 16.7 Å². The zero-order chi connectivity index (χ0) is 36.4. The molecule has 0 aliphatic heterocycles. The summed E-state index contributed by atoms with van der Waals surface area (Å²) in [6, 6.07) is 22.1. The van der Waals surface area contributed by atoms with Gasteiger partial charge in [-0.1, -0.05) is 78.9 Å². The first-order valence-electron chi connectivity index (χ1n) is 16.3. The van der Waals surface area contributed by atoms with E-state index in [0.717, 1.165) is 16.0 Å². The SMILES string of the molecule is Cc1cccc(C)c1C(C(=O)NC(Cc1ccccc1)C(=O)OC(C)(C)C)N(CC#N)C(=O)C(Cc1ccccc1)NC(=O)OC(C)(C)C. The molecule has 0 aliphatic rings. The third-order valence-electron chi connectivity index (χ3n) is 7.46. The van der Waals surface area contributed by atoms with Gasteiger partial charge >= 0.3 is 12.1 Å². The van der Waals surface area contributed by atoms with Crippen LogP contribution in [0.15, 0.2) is 78.9 Å². The average molecular weight is 669 g/mol. The topological polar surface area (TPSA) is 138 Å². The van der Waals surface area contributed by atoms with Crippen molar-refractivity contribution >= 4 is 23.9 Å². The van der Waals surface area contributed by atoms with Crippen molar-refractivity contribution in [3.63, 3.8) is 0 Å². The van der Waals surface area contributed by atoms with Gasteiger partial charge in [0, 0.05) is 12.8 Å². The summed E-state index contributed by atoms with van der Waals surface area (Å²) in [5.74, 6) is -1.99. The molecule has 10 heteroatoms. The minimum atomic E-state index is -1.34. The van der Waals surface area contributed by atoms with Gasteiger partial charge in [0.05, 0.1) is 6.07 Å². The standard InChI is InChI=1S/C39H48N4O6/c1-26-16-15-17-27(2)32(26)33(34(44)41-31(36(46)48-38(3,4)5)25-29-20-13-10-14-21-29)43(23-22-40)35(45)30(24-28-18-11-9-12-19-28)42-37(47)49-39(6,7)8/h9-21,30-31,33H,23-25H2,1-8H3,(H,41,44)(H,42,47). The number of ether oxygens (including phenoxy) is 2. The van der Waals surface area contributed by atoms with Crippen LogP contribution in [-0.4, -0.2) is 58.6 Å².